The van der Waals surface area contributed by atoms with E-state index in [1.165, 1.54) is 50.7 Å². The summed E-state index contributed by atoms with van der Waals surface area (Å²) in [7, 11) is 0. The number of alkyl carbamates (subject to hydrolysis) is 1. The molecule has 2 N–H and O–H groups in total. The van der Waals surface area contributed by atoms with Crippen molar-refractivity contribution in [1.82, 2.24) is 10.6 Å². The highest BCUT2D eigenvalue weighted by molar-refractivity contribution is 7.98. The first-order chi connectivity index (χ1) is 10.9. The van der Waals surface area contributed by atoms with E-state index >= 15 is 0 Å². The predicted molar refractivity (Wildman–Crippen MR) is 100 cm³/mol. The van der Waals surface area contributed by atoms with E-state index in [9.17, 15) is 4.79 Å². The van der Waals surface area contributed by atoms with E-state index in [0.717, 1.165) is 13.1 Å². The van der Waals surface area contributed by atoms with Crippen LogP contribution in [0.2, 0.25) is 0 Å². The number of nitrogens with one attached hydrogen (secondary N) is 2. The standard InChI is InChI=1S/C18H36N2O2S/c1-18(2,3)22-17(21)20-14-15-10-6-7-11-16(15)19-12-8-5-9-13-23-4/h15-16,19H,5-14H2,1-4H3,(H,20,21). The van der Waals surface area contributed by atoms with E-state index in [0.29, 0.717) is 12.0 Å². The van der Waals surface area contributed by atoms with Crippen molar-refractivity contribution in [2.75, 3.05) is 25.1 Å². The average Bonchev–Trinajstić information content (AvgIpc) is 2.48. The molecule has 0 aromatic carbocycles. The molecule has 2 unspecified atom stereocenters. The molecule has 1 rings (SSSR count). The van der Waals surface area contributed by atoms with E-state index in [-0.39, 0.29) is 6.09 Å². The van der Waals surface area contributed by atoms with Gasteiger partial charge in [-0.2, -0.15) is 11.8 Å². The highest BCUT2D eigenvalue weighted by Crippen LogP contribution is 2.24. The molecule has 0 radical (unpaired) electrons. The Labute approximate surface area is 146 Å². The van der Waals surface area contributed by atoms with Gasteiger partial charge in [-0.1, -0.05) is 19.3 Å². The minimum Gasteiger partial charge on any atom is -0.444 e. The summed E-state index contributed by atoms with van der Waals surface area (Å²) < 4.78 is 5.33. The van der Waals surface area contributed by atoms with Gasteiger partial charge in [0.2, 0.25) is 0 Å². The topological polar surface area (TPSA) is 50.4 Å². The summed E-state index contributed by atoms with van der Waals surface area (Å²) in [6.45, 7) is 7.51. The number of carbonyl (C=O) groups is 1. The summed E-state index contributed by atoms with van der Waals surface area (Å²) in [5.41, 5.74) is -0.426. The average molecular weight is 345 g/mol. The van der Waals surface area contributed by atoms with E-state index in [2.05, 4.69) is 16.9 Å². The smallest absolute Gasteiger partial charge is 0.407 e. The number of thioether (sulfide) groups is 1. The first kappa shape index (κ1) is 20.6. The minimum atomic E-state index is -0.426. The van der Waals surface area contributed by atoms with Crippen LogP contribution in [0.3, 0.4) is 0 Å². The maximum absolute atomic E-state index is 11.8. The maximum Gasteiger partial charge on any atom is 0.407 e. The first-order valence-electron chi connectivity index (χ1n) is 9.11. The lowest BCUT2D eigenvalue weighted by Crippen LogP contribution is -2.45. The Morgan fingerprint density at radius 1 is 1.17 bits per heavy atom. The second kappa shape index (κ2) is 11.2. The Bertz CT molecular complexity index is 331. The molecule has 1 aliphatic rings. The summed E-state index contributed by atoms with van der Waals surface area (Å²) in [6.07, 6.45) is 10.7. The highest BCUT2D eigenvalue weighted by Gasteiger charge is 2.25. The van der Waals surface area contributed by atoms with Crippen molar-refractivity contribution < 1.29 is 9.53 Å². The molecular formula is C18H36N2O2S. The molecule has 1 fully saturated rings. The van der Waals surface area contributed by atoms with E-state index in [1.54, 1.807) is 0 Å². The maximum atomic E-state index is 11.8. The molecule has 136 valence electrons. The largest absolute Gasteiger partial charge is 0.444 e. The van der Waals surface area contributed by atoms with Gasteiger partial charge in [-0.25, -0.2) is 4.79 Å². The van der Waals surface area contributed by atoms with Gasteiger partial charge in [0.25, 0.3) is 0 Å². The fourth-order valence-electron chi connectivity index (χ4n) is 3.08. The van der Waals surface area contributed by atoms with Crippen molar-refractivity contribution in [2.45, 2.75) is 77.4 Å². The number of unbranched alkanes of at least 4 members (excludes halogenated alkanes) is 2. The van der Waals surface area contributed by atoms with Crippen LogP contribution in [0.1, 0.15) is 65.7 Å². The van der Waals surface area contributed by atoms with Gasteiger partial charge in [0.15, 0.2) is 0 Å². The van der Waals surface area contributed by atoms with Crippen LogP contribution in [0, 0.1) is 5.92 Å². The van der Waals surface area contributed by atoms with Crippen LogP contribution in [-0.2, 0) is 4.74 Å². The molecule has 23 heavy (non-hydrogen) atoms. The monoisotopic (exact) mass is 344 g/mol. The van der Waals surface area contributed by atoms with Crippen LogP contribution in [0.5, 0.6) is 0 Å². The first-order valence-corrected chi connectivity index (χ1v) is 10.5. The Morgan fingerprint density at radius 3 is 2.61 bits per heavy atom. The van der Waals surface area contributed by atoms with E-state index < -0.39 is 5.60 Å². The third kappa shape index (κ3) is 10.1. The molecule has 2 atom stereocenters. The predicted octanol–water partition coefficient (Wildman–Crippen LogP) is 4.19. The fraction of sp³-hybridized carbons (Fsp3) is 0.944. The molecule has 0 heterocycles. The van der Waals surface area contributed by atoms with Crippen molar-refractivity contribution in [3.05, 3.63) is 0 Å². The molecule has 4 nitrogen and oxygen atoms in total. The van der Waals surface area contributed by atoms with Gasteiger partial charge in [-0.15, -0.1) is 0 Å². The molecule has 0 spiro atoms. The minimum absolute atomic E-state index is 0.293. The van der Waals surface area contributed by atoms with Gasteiger partial charge < -0.3 is 15.4 Å². The normalized spacial score (nSPS) is 21.9. The third-order valence-electron chi connectivity index (χ3n) is 4.25. The Balaban J connectivity index is 2.24. The molecule has 0 bridgehead atoms. The van der Waals surface area contributed by atoms with Gasteiger partial charge in [0.1, 0.15) is 5.60 Å². The summed E-state index contributed by atoms with van der Waals surface area (Å²) in [5.74, 6) is 1.80. The number of hydrogen-bond donors (Lipinski definition) is 2. The number of rotatable bonds is 9. The second-order valence-electron chi connectivity index (χ2n) is 7.54. The number of hydrogen-bond acceptors (Lipinski definition) is 4. The van der Waals surface area contributed by atoms with Crippen molar-refractivity contribution in [3.8, 4) is 0 Å². The Morgan fingerprint density at radius 2 is 1.91 bits per heavy atom. The fourth-order valence-corrected chi connectivity index (χ4v) is 3.58. The van der Waals surface area contributed by atoms with Crippen LogP contribution < -0.4 is 10.6 Å². The van der Waals surface area contributed by atoms with Gasteiger partial charge in [-0.3, -0.25) is 0 Å². The summed E-state index contributed by atoms with van der Waals surface area (Å²) in [4.78, 5) is 11.8. The second-order valence-corrected chi connectivity index (χ2v) is 8.53. The highest BCUT2D eigenvalue weighted by atomic mass is 32.2. The molecule has 0 aromatic rings. The summed E-state index contributed by atoms with van der Waals surface area (Å²) in [5, 5.41) is 6.67. The zero-order valence-corrected chi connectivity index (χ0v) is 16.3. The van der Waals surface area contributed by atoms with Gasteiger partial charge in [0.05, 0.1) is 0 Å². The van der Waals surface area contributed by atoms with Crippen molar-refractivity contribution in [1.29, 1.82) is 0 Å². The number of carbonyl (C=O) groups excluding carboxylic acids is 1. The molecule has 0 saturated heterocycles. The van der Waals surface area contributed by atoms with Crippen molar-refractivity contribution in [3.63, 3.8) is 0 Å². The quantitative estimate of drug-likeness (QED) is 0.616. The third-order valence-corrected chi connectivity index (χ3v) is 4.95. The van der Waals surface area contributed by atoms with Gasteiger partial charge in [-0.05, 0) is 70.9 Å². The van der Waals surface area contributed by atoms with Crippen molar-refractivity contribution in [2.24, 2.45) is 5.92 Å². The number of ether oxygens (including phenoxy) is 1. The van der Waals surface area contributed by atoms with Crippen molar-refractivity contribution >= 4 is 17.9 Å². The van der Waals surface area contributed by atoms with Gasteiger partial charge >= 0.3 is 6.09 Å². The molecule has 0 aliphatic heterocycles. The molecule has 1 amide bonds. The van der Waals surface area contributed by atoms with E-state index in [1.807, 2.05) is 32.5 Å². The molecule has 1 aliphatic carbocycles. The molecule has 1 saturated carbocycles. The van der Waals surface area contributed by atoms with Crippen LogP contribution in [-0.4, -0.2) is 42.8 Å². The van der Waals surface area contributed by atoms with Crippen LogP contribution in [0.25, 0.3) is 0 Å². The van der Waals surface area contributed by atoms with Crippen LogP contribution in [0.15, 0.2) is 0 Å². The zero-order valence-electron chi connectivity index (χ0n) is 15.5. The molecule has 5 heteroatoms. The summed E-state index contributed by atoms with van der Waals surface area (Å²) in [6, 6.07) is 0.541. The SMILES string of the molecule is CSCCCCCNC1CCCCC1CNC(=O)OC(C)(C)C. The van der Waals surface area contributed by atoms with Gasteiger partial charge in [0, 0.05) is 12.6 Å². The van der Waals surface area contributed by atoms with Crippen LogP contribution >= 0.6 is 11.8 Å². The Hall–Kier alpha value is -0.420. The lowest BCUT2D eigenvalue weighted by atomic mass is 9.84. The zero-order chi connectivity index (χ0) is 17.1. The number of amides is 1. The summed E-state index contributed by atoms with van der Waals surface area (Å²) >= 11 is 1.93. The van der Waals surface area contributed by atoms with Crippen LogP contribution in [0.4, 0.5) is 4.79 Å². The lowest BCUT2D eigenvalue weighted by molar-refractivity contribution is 0.0510. The Kier molecular flexibility index (Phi) is 10.0. The lowest BCUT2D eigenvalue weighted by Gasteiger charge is -2.33. The van der Waals surface area contributed by atoms with E-state index in [4.69, 9.17) is 4.74 Å². The molecule has 0 aromatic heterocycles. The molecular weight excluding hydrogens is 308 g/mol.